The van der Waals surface area contributed by atoms with Crippen LogP contribution < -0.4 is 4.74 Å². The molecule has 0 amide bonds. The molecule has 1 aromatic rings. The monoisotopic (exact) mass is 233 g/mol. The maximum atomic E-state index is 12.7. The van der Waals surface area contributed by atoms with Crippen molar-refractivity contribution >= 4 is 0 Å². The van der Waals surface area contributed by atoms with E-state index in [0.717, 1.165) is 13.2 Å². The summed E-state index contributed by atoms with van der Waals surface area (Å²) in [7, 11) is 1.16. The Labute approximate surface area is 90.2 Å². The van der Waals surface area contributed by atoms with Crippen LogP contribution in [0.25, 0.3) is 0 Å². The van der Waals surface area contributed by atoms with Gasteiger partial charge in [0.1, 0.15) is 11.2 Å². The van der Waals surface area contributed by atoms with Crippen LogP contribution in [-0.4, -0.2) is 18.7 Å². The second-order valence-electron chi connectivity index (χ2n) is 3.80. The van der Waals surface area contributed by atoms with Crippen molar-refractivity contribution in [1.82, 2.24) is 4.98 Å². The normalized spacial score (nSPS) is 24.3. The van der Waals surface area contributed by atoms with Gasteiger partial charge in [-0.3, -0.25) is 0 Å². The quantitative estimate of drug-likeness (QED) is 0.735. The highest BCUT2D eigenvalue weighted by molar-refractivity contribution is 5.36. The van der Waals surface area contributed by atoms with Crippen LogP contribution in [0.2, 0.25) is 0 Å². The molecular weight excluding hydrogens is 223 g/mol. The van der Waals surface area contributed by atoms with E-state index in [9.17, 15) is 13.2 Å². The van der Waals surface area contributed by atoms with Crippen molar-refractivity contribution in [2.45, 2.75) is 18.7 Å². The molecule has 0 bridgehead atoms. The molecule has 6 heteroatoms. The summed E-state index contributed by atoms with van der Waals surface area (Å²) in [5.74, 6) is -0.416. The van der Waals surface area contributed by atoms with Crippen molar-refractivity contribution in [3.05, 3.63) is 23.4 Å². The fourth-order valence-electron chi connectivity index (χ4n) is 1.38. The van der Waals surface area contributed by atoms with Gasteiger partial charge in [0.2, 0.25) is 5.88 Å². The van der Waals surface area contributed by atoms with E-state index in [2.05, 4.69) is 9.72 Å². The molecule has 88 valence electrons. The number of halogens is 3. The van der Waals surface area contributed by atoms with E-state index < -0.39 is 23.2 Å². The SMILES string of the molecule is COc1ncc(C2(C)CO2)cc1C(F)(F)F. The summed E-state index contributed by atoms with van der Waals surface area (Å²) in [5, 5.41) is 0. The van der Waals surface area contributed by atoms with Crippen LogP contribution in [0.1, 0.15) is 18.1 Å². The lowest BCUT2D eigenvalue weighted by atomic mass is 10.0. The number of epoxide rings is 1. The number of nitrogens with zero attached hydrogens (tertiary/aromatic N) is 1. The molecule has 1 aliphatic heterocycles. The van der Waals surface area contributed by atoms with Gasteiger partial charge >= 0.3 is 6.18 Å². The van der Waals surface area contributed by atoms with Crippen molar-refractivity contribution in [3.8, 4) is 5.88 Å². The summed E-state index contributed by atoms with van der Waals surface area (Å²) in [5.41, 5.74) is -1.08. The number of rotatable bonds is 2. The molecule has 0 saturated carbocycles. The fraction of sp³-hybridized carbons (Fsp3) is 0.500. The second-order valence-corrected chi connectivity index (χ2v) is 3.80. The standard InChI is InChI=1S/C10H10F3NO2/c1-9(5-16-9)6-3-7(10(11,12)13)8(15-2)14-4-6/h3-4H,5H2,1-2H3. The second kappa shape index (κ2) is 3.35. The van der Waals surface area contributed by atoms with E-state index >= 15 is 0 Å². The summed E-state index contributed by atoms with van der Waals surface area (Å²) < 4.78 is 47.7. The highest BCUT2D eigenvalue weighted by Gasteiger charge is 2.44. The number of methoxy groups -OCH3 is 1. The third kappa shape index (κ3) is 1.84. The van der Waals surface area contributed by atoms with E-state index in [-0.39, 0.29) is 0 Å². The van der Waals surface area contributed by atoms with Gasteiger partial charge in [-0.15, -0.1) is 0 Å². The van der Waals surface area contributed by atoms with Gasteiger partial charge in [0.05, 0.1) is 13.7 Å². The molecular formula is C10H10F3NO2. The summed E-state index contributed by atoms with van der Waals surface area (Å²) in [6.07, 6.45) is -3.12. The number of hydrogen-bond acceptors (Lipinski definition) is 3. The van der Waals surface area contributed by atoms with Gasteiger partial charge in [-0.1, -0.05) is 0 Å². The van der Waals surface area contributed by atoms with Gasteiger partial charge in [-0.2, -0.15) is 13.2 Å². The topological polar surface area (TPSA) is 34.6 Å². The smallest absolute Gasteiger partial charge is 0.421 e. The number of hydrogen-bond donors (Lipinski definition) is 0. The first-order valence-corrected chi connectivity index (χ1v) is 4.62. The van der Waals surface area contributed by atoms with Gasteiger partial charge in [0.25, 0.3) is 0 Å². The maximum Gasteiger partial charge on any atom is 0.421 e. The van der Waals surface area contributed by atoms with Crippen molar-refractivity contribution < 1.29 is 22.6 Å². The number of alkyl halides is 3. The minimum atomic E-state index is -4.47. The fourth-order valence-corrected chi connectivity index (χ4v) is 1.38. The van der Waals surface area contributed by atoms with Gasteiger partial charge in [-0.05, 0) is 13.0 Å². The molecule has 2 rings (SSSR count). The lowest BCUT2D eigenvalue weighted by Gasteiger charge is -2.13. The molecule has 0 aromatic carbocycles. The zero-order chi connectivity index (χ0) is 12.0. The maximum absolute atomic E-state index is 12.7. The molecule has 0 N–H and O–H groups in total. The van der Waals surface area contributed by atoms with Gasteiger partial charge in [-0.25, -0.2) is 4.98 Å². The van der Waals surface area contributed by atoms with Crippen molar-refractivity contribution in [2.75, 3.05) is 13.7 Å². The molecule has 16 heavy (non-hydrogen) atoms. The Morgan fingerprint density at radius 2 is 2.12 bits per heavy atom. The van der Waals surface area contributed by atoms with Crippen LogP contribution in [0.15, 0.2) is 12.3 Å². The van der Waals surface area contributed by atoms with Crippen LogP contribution in [0.5, 0.6) is 5.88 Å². The lowest BCUT2D eigenvalue weighted by Crippen LogP contribution is -2.12. The van der Waals surface area contributed by atoms with Gasteiger partial charge in [0, 0.05) is 11.8 Å². The molecule has 0 radical (unpaired) electrons. The van der Waals surface area contributed by atoms with Crippen molar-refractivity contribution in [3.63, 3.8) is 0 Å². The summed E-state index contributed by atoms with van der Waals surface area (Å²) >= 11 is 0. The third-order valence-electron chi connectivity index (χ3n) is 2.54. The summed E-state index contributed by atoms with van der Waals surface area (Å²) in [6.45, 7) is 2.13. The van der Waals surface area contributed by atoms with Crippen molar-refractivity contribution in [2.24, 2.45) is 0 Å². The summed E-state index contributed by atoms with van der Waals surface area (Å²) in [4.78, 5) is 3.65. The lowest BCUT2D eigenvalue weighted by molar-refractivity contribution is -0.139. The highest BCUT2D eigenvalue weighted by atomic mass is 19.4. The molecule has 1 saturated heterocycles. The van der Waals surface area contributed by atoms with E-state index in [4.69, 9.17) is 4.74 Å². The third-order valence-corrected chi connectivity index (χ3v) is 2.54. The minimum Gasteiger partial charge on any atom is -0.481 e. The van der Waals surface area contributed by atoms with Crippen LogP contribution in [0.4, 0.5) is 13.2 Å². The van der Waals surface area contributed by atoms with Crippen molar-refractivity contribution in [1.29, 1.82) is 0 Å². The van der Waals surface area contributed by atoms with E-state index in [1.165, 1.54) is 6.20 Å². The first-order valence-electron chi connectivity index (χ1n) is 4.62. The Morgan fingerprint density at radius 3 is 2.56 bits per heavy atom. The number of pyridine rings is 1. The largest absolute Gasteiger partial charge is 0.481 e. The van der Waals surface area contributed by atoms with Crippen LogP contribution in [0, 0.1) is 0 Å². The predicted molar refractivity (Wildman–Crippen MR) is 49.1 cm³/mol. The van der Waals surface area contributed by atoms with E-state index in [0.29, 0.717) is 12.2 Å². The molecule has 0 spiro atoms. The first kappa shape index (κ1) is 11.2. The Balaban J connectivity index is 2.47. The molecule has 3 nitrogen and oxygen atoms in total. The zero-order valence-corrected chi connectivity index (χ0v) is 8.76. The molecule has 0 aliphatic carbocycles. The Kier molecular flexibility index (Phi) is 2.34. The molecule has 1 aliphatic rings. The van der Waals surface area contributed by atoms with Gasteiger partial charge in [0.15, 0.2) is 0 Å². The molecule has 2 heterocycles. The Morgan fingerprint density at radius 1 is 1.50 bits per heavy atom. The Bertz CT molecular complexity index is 413. The number of aromatic nitrogens is 1. The average molecular weight is 233 g/mol. The number of ether oxygens (including phenoxy) is 2. The Hall–Kier alpha value is -1.30. The summed E-state index contributed by atoms with van der Waals surface area (Å²) in [6, 6.07) is 1.03. The molecule has 1 unspecified atom stereocenters. The molecule has 1 fully saturated rings. The van der Waals surface area contributed by atoms with Crippen LogP contribution in [0.3, 0.4) is 0 Å². The first-order chi connectivity index (χ1) is 7.37. The van der Waals surface area contributed by atoms with E-state index in [1.807, 2.05) is 0 Å². The zero-order valence-electron chi connectivity index (χ0n) is 8.76. The minimum absolute atomic E-state index is 0.415. The van der Waals surface area contributed by atoms with Crippen LogP contribution in [-0.2, 0) is 16.5 Å². The molecule has 1 atom stereocenters. The van der Waals surface area contributed by atoms with Crippen LogP contribution >= 0.6 is 0 Å². The average Bonchev–Trinajstić information content (AvgIpc) is 2.95. The predicted octanol–water partition coefficient (Wildman–Crippen LogP) is 2.35. The van der Waals surface area contributed by atoms with Gasteiger partial charge < -0.3 is 9.47 Å². The molecule has 1 aromatic heterocycles. The highest BCUT2D eigenvalue weighted by Crippen LogP contribution is 2.42. The van der Waals surface area contributed by atoms with E-state index in [1.54, 1.807) is 6.92 Å².